The summed E-state index contributed by atoms with van der Waals surface area (Å²) in [6, 6.07) is 13.6. The molecule has 1 atom stereocenters. The minimum absolute atomic E-state index is 0.0295. The van der Waals surface area contributed by atoms with E-state index in [9.17, 15) is 13.2 Å². The molecular weight excluding hydrogens is 685 g/mol. The van der Waals surface area contributed by atoms with Gasteiger partial charge in [-0.15, -0.1) is 0 Å². The fourth-order valence-corrected chi connectivity index (χ4v) is 9.12. The quantitative estimate of drug-likeness (QED) is 0.196. The molecular formula is C35H35Cl2N7O4S. The van der Waals surface area contributed by atoms with Crippen LogP contribution in [0.2, 0.25) is 10.0 Å². The van der Waals surface area contributed by atoms with E-state index in [1.165, 1.54) is 16.4 Å². The van der Waals surface area contributed by atoms with E-state index in [4.69, 9.17) is 32.9 Å². The number of halogens is 2. The maximum absolute atomic E-state index is 14.2. The van der Waals surface area contributed by atoms with Crippen LogP contribution in [0.15, 0.2) is 84.5 Å². The van der Waals surface area contributed by atoms with E-state index in [-0.39, 0.29) is 34.0 Å². The van der Waals surface area contributed by atoms with E-state index in [1.807, 2.05) is 54.2 Å². The van der Waals surface area contributed by atoms with Crippen LogP contribution >= 0.6 is 23.2 Å². The minimum Gasteiger partial charge on any atom is -0.487 e. The Bertz CT molecular complexity index is 2090. The van der Waals surface area contributed by atoms with E-state index in [0.717, 1.165) is 28.9 Å². The molecule has 0 radical (unpaired) electrons. The number of aromatic nitrogens is 4. The minimum atomic E-state index is -4.15. The molecule has 5 aromatic rings. The molecule has 2 aliphatic heterocycles. The van der Waals surface area contributed by atoms with Crippen LogP contribution < -0.4 is 4.74 Å². The van der Waals surface area contributed by atoms with Gasteiger partial charge in [-0.3, -0.25) is 14.7 Å². The van der Waals surface area contributed by atoms with Gasteiger partial charge in [-0.05, 0) is 55.7 Å². The molecule has 11 nitrogen and oxygen atoms in total. The van der Waals surface area contributed by atoms with E-state index in [1.54, 1.807) is 29.7 Å². The Morgan fingerprint density at radius 2 is 1.84 bits per heavy atom. The molecule has 0 saturated carbocycles. The highest BCUT2D eigenvalue weighted by molar-refractivity contribution is 7.89. The summed E-state index contributed by atoms with van der Waals surface area (Å²) in [7, 11) is -4.15. The van der Waals surface area contributed by atoms with Crippen molar-refractivity contribution in [1.82, 2.24) is 33.6 Å². The number of benzene rings is 2. The van der Waals surface area contributed by atoms with Crippen molar-refractivity contribution in [2.45, 2.75) is 43.9 Å². The molecule has 1 amide bonds. The summed E-state index contributed by atoms with van der Waals surface area (Å²) >= 11 is 13.4. The number of para-hydroxylation sites is 1. The summed E-state index contributed by atoms with van der Waals surface area (Å²) in [5, 5.41) is 1.10. The van der Waals surface area contributed by atoms with Gasteiger partial charge in [0.2, 0.25) is 15.9 Å². The summed E-state index contributed by atoms with van der Waals surface area (Å²) in [4.78, 5) is 30.8. The number of aryl methyl sites for hydroxylation is 1. The number of pyridine rings is 2. The number of imidazole rings is 1. The number of ether oxygens (including phenoxy) is 1. The van der Waals surface area contributed by atoms with Crippen molar-refractivity contribution in [1.29, 1.82) is 0 Å². The van der Waals surface area contributed by atoms with Gasteiger partial charge in [-0.25, -0.2) is 18.4 Å². The summed E-state index contributed by atoms with van der Waals surface area (Å²) in [5.74, 6) is 0.318. The van der Waals surface area contributed by atoms with Crippen LogP contribution in [0.5, 0.6) is 5.75 Å². The first-order chi connectivity index (χ1) is 23.7. The highest BCUT2D eigenvalue weighted by Crippen LogP contribution is 2.37. The molecule has 2 saturated heterocycles. The predicted octanol–water partition coefficient (Wildman–Crippen LogP) is 5.51. The number of hydrogen-bond acceptors (Lipinski definition) is 8. The Morgan fingerprint density at radius 3 is 2.59 bits per heavy atom. The molecule has 0 bridgehead atoms. The van der Waals surface area contributed by atoms with E-state index < -0.39 is 16.1 Å². The second kappa shape index (κ2) is 14.0. The number of piperazine rings is 1. The van der Waals surface area contributed by atoms with Gasteiger partial charge < -0.3 is 14.2 Å². The highest BCUT2D eigenvalue weighted by Gasteiger charge is 2.42. The Hall–Kier alpha value is -4.07. The van der Waals surface area contributed by atoms with Crippen LogP contribution in [-0.2, 0) is 28.0 Å². The van der Waals surface area contributed by atoms with E-state index in [0.29, 0.717) is 55.9 Å². The molecule has 0 aliphatic carbocycles. The van der Waals surface area contributed by atoms with Gasteiger partial charge >= 0.3 is 0 Å². The van der Waals surface area contributed by atoms with Crippen LogP contribution in [0.25, 0.3) is 16.6 Å². The number of sulfonamides is 1. The Kier molecular flexibility index (Phi) is 9.58. The van der Waals surface area contributed by atoms with Crippen molar-refractivity contribution in [2.24, 2.45) is 0 Å². The van der Waals surface area contributed by atoms with E-state index in [2.05, 4.69) is 14.9 Å². The number of carbonyl (C=O) groups is 1. The van der Waals surface area contributed by atoms with E-state index >= 15 is 0 Å². The first-order valence-electron chi connectivity index (χ1n) is 16.1. The third-order valence-electron chi connectivity index (χ3n) is 9.10. The monoisotopic (exact) mass is 719 g/mol. The molecule has 5 heterocycles. The SMILES string of the molecule is Cc1cc(-n2ccnc2)c2cccc(OCc3c(Cl)ccc(S(=O)(=O)N4CCC[C@H]4C(=O)N4CCN(Cc5cccnc5)CC4)c3Cl)c2n1. The van der Waals surface area contributed by atoms with Gasteiger partial charge in [0.05, 0.1) is 17.0 Å². The lowest BCUT2D eigenvalue weighted by atomic mass is 10.1. The van der Waals surface area contributed by atoms with Crippen LogP contribution in [0.3, 0.4) is 0 Å². The number of carbonyl (C=O) groups excluding carboxylic acids is 1. The predicted molar refractivity (Wildman–Crippen MR) is 187 cm³/mol. The molecule has 0 unspecified atom stereocenters. The van der Waals surface area contributed by atoms with Crippen molar-refractivity contribution < 1.29 is 17.9 Å². The van der Waals surface area contributed by atoms with Crippen molar-refractivity contribution in [2.75, 3.05) is 32.7 Å². The van der Waals surface area contributed by atoms with Gasteiger partial charge in [0.15, 0.2) is 0 Å². The highest BCUT2D eigenvalue weighted by atomic mass is 35.5. The third kappa shape index (κ3) is 6.75. The Labute approximate surface area is 295 Å². The molecule has 254 valence electrons. The van der Waals surface area contributed by atoms with Crippen LogP contribution in [0.1, 0.15) is 29.7 Å². The Morgan fingerprint density at radius 1 is 1.00 bits per heavy atom. The van der Waals surface area contributed by atoms with Gasteiger partial charge in [0.25, 0.3) is 0 Å². The number of nitrogens with zero attached hydrogens (tertiary/aromatic N) is 7. The lowest BCUT2D eigenvalue weighted by Gasteiger charge is -2.37. The lowest BCUT2D eigenvalue weighted by Crippen LogP contribution is -2.54. The van der Waals surface area contributed by atoms with Crippen LogP contribution in [0.4, 0.5) is 0 Å². The summed E-state index contributed by atoms with van der Waals surface area (Å²) in [5.41, 5.74) is 3.77. The zero-order valence-corrected chi connectivity index (χ0v) is 29.2. The number of hydrogen-bond donors (Lipinski definition) is 0. The average molecular weight is 721 g/mol. The molecule has 49 heavy (non-hydrogen) atoms. The molecule has 0 N–H and O–H groups in total. The molecule has 2 aromatic carbocycles. The second-order valence-corrected chi connectivity index (χ2v) is 14.9. The largest absolute Gasteiger partial charge is 0.487 e. The summed E-state index contributed by atoms with van der Waals surface area (Å²) in [6.45, 7) is 5.24. The maximum Gasteiger partial charge on any atom is 0.245 e. The van der Waals surface area contributed by atoms with Gasteiger partial charge in [0.1, 0.15) is 28.8 Å². The van der Waals surface area contributed by atoms with Crippen LogP contribution in [-0.4, -0.2) is 86.7 Å². The van der Waals surface area contributed by atoms with Crippen molar-refractivity contribution in [3.63, 3.8) is 0 Å². The third-order valence-corrected chi connectivity index (χ3v) is 12.0. The number of amides is 1. The zero-order valence-electron chi connectivity index (χ0n) is 26.9. The standard InChI is InChI=1S/C35H35Cl2N7O4S/c1-24-19-30(43-14-12-39-23-43)26-6-2-8-31(34(26)40-24)48-22-27-28(36)9-10-32(33(27)37)49(46,47)44-13-4-7-29(44)35(45)42-17-15-41(16-18-42)21-25-5-3-11-38-20-25/h2-3,5-6,8-12,14,19-20,23,29H,4,7,13,15-18,21-22H2,1H3/t29-/m0/s1. The number of fused-ring (bicyclic) bond motifs is 1. The molecule has 2 aliphatic rings. The van der Waals surface area contributed by atoms with Gasteiger partial charge in [0, 0.05) is 85.7 Å². The maximum atomic E-state index is 14.2. The second-order valence-electron chi connectivity index (χ2n) is 12.3. The van der Waals surface area contributed by atoms with Crippen molar-refractivity contribution in [3.05, 3.63) is 107 Å². The van der Waals surface area contributed by atoms with Gasteiger partial charge in [-0.1, -0.05) is 41.4 Å². The summed E-state index contributed by atoms with van der Waals surface area (Å²) in [6.07, 6.45) is 9.90. The normalized spacial score (nSPS) is 17.5. The molecule has 7 rings (SSSR count). The van der Waals surface area contributed by atoms with Crippen molar-refractivity contribution in [3.8, 4) is 11.4 Å². The number of rotatable bonds is 9. The fourth-order valence-electron chi connectivity index (χ4n) is 6.61. The van der Waals surface area contributed by atoms with Crippen molar-refractivity contribution >= 4 is 50.0 Å². The fraction of sp³-hybridized carbons (Fsp3) is 0.314. The van der Waals surface area contributed by atoms with Gasteiger partial charge in [-0.2, -0.15) is 4.31 Å². The molecule has 3 aromatic heterocycles. The zero-order chi connectivity index (χ0) is 34.1. The Balaban J connectivity index is 1.08. The topological polar surface area (TPSA) is 114 Å². The smallest absolute Gasteiger partial charge is 0.245 e. The molecule has 14 heteroatoms. The van der Waals surface area contributed by atoms with Crippen LogP contribution in [0, 0.1) is 6.92 Å². The lowest BCUT2D eigenvalue weighted by molar-refractivity contribution is -0.136. The molecule has 0 spiro atoms. The molecule has 2 fully saturated rings. The summed E-state index contributed by atoms with van der Waals surface area (Å²) < 4.78 is 37.8. The average Bonchev–Trinajstić information content (AvgIpc) is 3.82. The first-order valence-corrected chi connectivity index (χ1v) is 18.3. The first kappa shape index (κ1) is 33.4.